The molecule has 106 valence electrons. The molecule has 2 saturated carbocycles. The van der Waals surface area contributed by atoms with E-state index in [1.54, 1.807) is 0 Å². The number of rotatable bonds is 4. The van der Waals surface area contributed by atoms with Crippen molar-refractivity contribution in [3.05, 3.63) is 0 Å². The molecule has 0 aromatic heterocycles. The van der Waals surface area contributed by atoms with Gasteiger partial charge in [0.1, 0.15) is 0 Å². The van der Waals surface area contributed by atoms with Crippen LogP contribution in [0.1, 0.15) is 44.9 Å². The van der Waals surface area contributed by atoms with Crippen LogP contribution in [0.3, 0.4) is 0 Å². The molecule has 1 saturated heterocycles. The van der Waals surface area contributed by atoms with E-state index in [1.807, 2.05) is 0 Å². The molecule has 0 aromatic rings. The third kappa shape index (κ3) is 2.36. The number of carboxylic acid groups (broad SMARTS) is 1. The van der Waals surface area contributed by atoms with Crippen molar-refractivity contribution in [1.82, 2.24) is 10.6 Å². The Morgan fingerprint density at radius 2 is 2.05 bits per heavy atom. The van der Waals surface area contributed by atoms with E-state index in [9.17, 15) is 9.59 Å². The Kier molecular flexibility index (Phi) is 3.25. The van der Waals surface area contributed by atoms with E-state index in [0.29, 0.717) is 11.8 Å². The van der Waals surface area contributed by atoms with Gasteiger partial charge in [0.05, 0.1) is 18.0 Å². The SMILES string of the molecule is O=C(O)CC1(NC(=O)C2NCC3CCCC32)CCC1. The van der Waals surface area contributed by atoms with Crippen LogP contribution in [0.2, 0.25) is 0 Å². The van der Waals surface area contributed by atoms with Gasteiger partial charge in [-0.1, -0.05) is 6.42 Å². The Bertz CT molecular complexity index is 392. The Morgan fingerprint density at radius 1 is 1.26 bits per heavy atom. The first kappa shape index (κ1) is 12.9. The van der Waals surface area contributed by atoms with Gasteiger partial charge < -0.3 is 15.7 Å². The molecule has 3 rings (SSSR count). The summed E-state index contributed by atoms with van der Waals surface area (Å²) < 4.78 is 0. The number of aliphatic carboxylic acids is 1. The first-order valence-corrected chi connectivity index (χ1v) is 7.37. The zero-order valence-corrected chi connectivity index (χ0v) is 11.2. The second kappa shape index (κ2) is 4.78. The summed E-state index contributed by atoms with van der Waals surface area (Å²) in [7, 11) is 0. The fourth-order valence-electron chi connectivity index (χ4n) is 4.05. The maximum atomic E-state index is 12.4. The van der Waals surface area contributed by atoms with Crippen molar-refractivity contribution in [3.8, 4) is 0 Å². The maximum absolute atomic E-state index is 12.4. The molecule has 3 atom stereocenters. The van der Waals surface area contributed by atoms with Gasteiger partial charge in [0, 0.05) is 0 Å². The third-order valence-electron chi connectivity index (χ3n) is 5.22. The smallest absolute Gasteiger partial charge is 0.305 e. The predicted molar refractivity (Wildman–Crippen MR) is 69.6 cm³/mol. The van der Waals surface area contributed by atoms with Crippen LogP contribution in [0.5, 0.6) is 0 Å². The Labute approximate surface area is 113 Å². The lowest BCUT2D eigenvalue weighted by molar-refractivity contribution is -0.140. The lowest BCUT2D eigenvalue weighted by atomic mass is 9.74. The minimum absolute atomic E-state index is 0.0235. The van der Waals surface area contributed by atoms with Gasteiger partial charge in [0.2, 0.25) is 5.91 Å². The van der Waals surface area contributed by atoms with Gasteiger partial charge in [-0.3, -0.25) is 9.59 Å². The summed E-state index contributed by atoms with van der Waals surface area (Å²) in [6.07, 6.45) is 6.24. The van der Waals surface area contributed by atoms with Crippen molar-refractivity contribution in [2.45, 2.75) is 56.5 Å². The highest BCUT2D eigenvalue weighted by Gasteiger charge is 2.46. The average Bonchev–Trinajstić information content (AvgIpc) is 2.86. The molecule has 0 bridgehead atoms. The molecule has 3 aliphatic rings. The van der Waals surface area contributed by atoms with E-state index >= 15 is 0 Å². The first-order chi connectivity index (χ1) is 9.10. The second-order valence-corrected chi connectivity index (χ2v) is 6.43. The molecule has 3 unspecified atom stereocenters. The summed E-state index contributed by atoms with van der Waals surface area (Å²) in [5, 5.41) is 15.3. The number of fused-ring (bicyclic) bond motifs is 1. The van der Waals surface area contributed by atoms with Gasteiger partial charge in [-0.05, 0) is 50.5 Å². The molecule has 3 fully saturated rings. The van der Waals surface area contributed by atoms with E-state index in [1.165, 1.54) is 12.8 Å². The number of hydrogen-bond donors (Lipinski definition) is 3. The van der Waals surface area contributed by atoms with Crippen LogP contribution in [-0.2, 0) is 9.59 Å². The number of carbonyl (C=O) groups excluding carboxylic acids is 1. The number of carbonyl (C=O) groups is 2. The molecule has 1 amide bonds. The van der Waals surface area contributed by atoms with E-state index in [-0.39, 0.29) is 18.4 Å². The highest BCUT2D eigenvalue weighted by atomic mass is 16.4. The lowest BCUT2D eigenvalue weighted by Crippen LogP contribution is -2.59. The zero-order chi connectivity index (χ0) is 13.5. The molecule has 0 spiro atoms. The van der Waals surface area contributed by atoms with E-state index in [2.05, 4.69) is 10.6 Å². The third-order valence-corrected chi connectivity index (χ3v) is 5.22. The minimum atomic E-state index is -0.821. The quantitative estimate of drug-likeness (QED) is 0.706. The van der Waals surface area contributed by atoms with Crippen molar-refractivity contribution >= 4 is 11.9 Å². The molecular weight excluding hydrogens is 244 g/mol. The number of amides is 1. The number of nitrogens with one attached hydrogen (secondary N) is 2. The topological polar surface area (TPSA) is 78.4 Å². The summed E-state index contributed by atoms with van der Waals surface area (Å²) in [5.74, 6) is 0.308. The van der Waals surface area contributed by atoms with Crippen LogP contribution < -0.4 is 10.6 Å². The van der Waals surface area contributed by atoms with Crippen LogP contribution in [0.25, 0.3) is 0 Å². The molecule has 5 heteroatoms. The van der Waals surface area contributed by atoms with Crippen molar-refractivity contribution < 1.29 is 14.7 Å². The Hall–Kier alpha value is -1.10. The van der Waals surface area contributed by atoms with Crippen molar-refractivity contribution in [2.24, 2.45) is 11.8 Å². The molecule has 5 nitrogen and oxygen atoms in total. The van der Waals surface area contributed by atoms with Gasteiger partial charge in [-0.15, -0.1) is 0 Å². The van der Waals surface area contributed by atoms with Crippen LogP contribution >= 0.6 is 0 Å². The zero-order valence-electron chi connectivity index (χ0n) is 11.2. The highest BCUT2D eigenvalue weighted by molar-refractivity contribution is 5.84. The molecule has 0 aromatic carbocycles. The van der Waals surface area contributed by atoms with Gasteiger partial charge in [-0.2, -0.15) is 0 Å². The maximum Gasteiger partial charge on any atom is 0.305 e. The van der Waals surface area contributed by atoms with Gasteiger partial charge in [0.25, 0.3) is 0 Å². The van der Waals surface area contributed by atoms with Gasteiger partial charge >= 0.3 is 5.97 Å². The number of carboxylic acids is 1. The highest BCUT2D eigenvalue weighted by Crippen LogP contribution is 2.39. The van der Waals surface area contributed by atoms with E-state index < -0.39 is 11.5 Å². The fourth-order valence-corrected chi connectivity index (χ4v) is 4.05. The van der Waals surface area contributed by atoms with Gasteiger partial charge in [0.15, 0.2) is 0 Å². The molecular formula is C14H22N2O3. The van der Waals surface area contributed by atoms with Gasteiger partial charge in [-0.25, -0.2) is 0 Å². The van der Waals surface area contributed by atoms with Crippen LogP contribution in [0.4, 0.5) is 0 Å². The largest absolute Gasteiger partial charge is 0.481 e. The van der Waals surface area contributed by atoms with E-state index in [0.717, 1.165) is 32.2 Å². The Morgan fingerprint density at radius 3 is 2.68 bits per heavy atom. The normalized spacial score (nSPS) is 35.5. The molecule has 1 aliphatic heterocycles. The summed E-state index contributed by atoms with van der Waals surface area (Å²) >= 11 is 0. The van der Waals surface area contributed by atoms with Crippen LogP contribution in [-0.4, -0.2) is 35.1 Å². The predicted octanol–water partition coefficient (Wildman–Crippen LogP) is 0.888. The monoisotopic (exact) mass is 266 g/mol. The van der Waals surface area contributed by atoms with E-state index in [4.69, 9.17) is 5.11 Å². The lowest BCUT2D eigenvalue weighted by Gasteiger charge is -2.42. The second-order valence-electron chi connectivity index (χ2n) is 6.43. The van der Waals surface area contributed by atoms with Crippen molar-refractivity contribution in [1.29, 1.82) is 0 Å². The Balaban J connectivity index is 1.62. The summed E-state index contributed by atoms with van der Waals surface area (Å²) in [5.41, 5.74) is -0.471. The van der Waals surface area contributed by atoms with Crippen molar-refractivity contribution in [3.63, 3.8) is 0 Å². The molecule has 2 aliphatic carbocycles. The van der Waals surface area contributed by atoms with Crippen LogP contribution in [0.15, 0.2) is 0 Å². The molecule has 3 N–H and O–H groups in total. The standard InChI is InChI=1S/C14H22N2O3/c17-11(18)7-14(5-2-6-14)16-13(19)12-10-4-1-3-9(10)8-15-12/h9-10,12,15H,1-8H2,(H,16,19)(H,17,18). The molecule has 19 heavy (non-hydrogen) atoms. The first-order valence-electron chi connectivity index (χ1n) is 7.37. The minimum Gasteiger partial charge on any atom is -0.481 e. The summed E-state index contributed by atoms with van der Waals surface area (Å²) in [6, 6.07) is -0.0984. The average molecular weight is 266 g/mol. The van der Waals surface area contributed by atoms with Crippen molar-refractivity contribution in [2.75, 3.05) is 6.54 Å². The fraction of sp³-hybridized carbons (Fsp3) is 0.857. The summed E-state index contributed by atoms with van der Waals surface area (Å²) in [4.78, 5) is 23.3. The molecule has 0 radical (unpaired) electrons. The summed E-state index contributed by atoms with van der Waals surface area (Å²) in [6.45, 7) is 0.939. The number of hydrogen-bond acceptors (Lipinski definition) is 3. The van der Waals surface area contributed by atoms with Crippen LogP contribution in [0, 0.1) is 11.8 Å². The molecule has 1 heterocycles.